The van der Waals surface area contributed by atoms with Crippen LogP contribution in [-0.2, 0) is 24.1 Å². The van der Waals surface area contributed by atoms with Gasteiger partial charge in [0, 0.05) is 37.2 Å². The second kappa shape index (κ2) is 10.9. The van der Waals surface area contributed by atoms with E-state index in [0.29, 0.717) is 18.1 Å². The van der Waals surface area contributed by atoms with Crippen molar-refractivity contribution in [3.63, 3.8) is 0 Å². The number of hydrogen-bond acceptors (Lipinski definition) is 4. The van der Waals surface area contributed by atoms with Crippen molar-refractivity contribution in [2.24, 2.45) is 4.99 Å². The summed E-state index contributed by atoms with van der Waals surface area (Å²) in [5.41, 5.74) is 3.07. The first kappa shape index (κ1) is 21.3. The third kappa shape index (κ3) is 5.97. The summed E-state index contributed by atoms with van der Waals surface area (Å²) in [6.45, 7) is 8.04. The van der Waals surface area contributed by atoms with Gasteiger partial charge >= 0.3 is 0 Å². The number of aliphatic imine (C=N–C) groups is 1. The summed E-state index contributed by atoms with van der Waals surface area (Å²) in [6, 6.07) is 7.70. The van der Waals surface area contributed by atoms with Gasteiger partial charge in [-0.2, -0.15) is 0 Å². The third-order valence-corrected chi connectivity index (χ3v) is 4.54. The Labute approximate surface area is 166 Å². The maximum absolute atomic E-state index is 6.10. The van der Waals surface area contributed by atoms with Crippen LogP contribution in [0, 0.1) is 0 Å². The molecule has 2 aromatic rings. The maximum Gasteiger partial charge on any atom is 0.191 e. The average Bonchev–Trinajstić information content (AvgIpc) is 3.08. The predicted octanol–water partition coefficient (Wildman–Crippen LogP) is 3.90. The molecule has 0 bridgehead atoms. The zero-order valence-electron chi connectivity index (χ0n) is 16.5. The first-order chi connectivity index (χ1) is 13.1. The number of rotatable bonds is 9. The van der Waals surface area contributed by atoms with E-state index in [-0.39, 0.29) is 6.10 Å². The number of nitrogens with zero attached hydrogens (tertiary/aromatic N) is 2. The molecule has 0 radical (unpaired) electrons. The van der Waals surface area contributed by atoms with Gasteiger partial charge in [-0.05, 0) is 31.0 Å². The SMILES string of the molecule is CCNC(=NCc1c(CC)noc1CC)NCC(OC)c1cccc(Cl)c1. The third-order valence-electron chi connectivity index (χ3n) is 4.31. The Morgan fingerprint density at radius 1 is 1.26 bits per heavy atom. The highest BCUT2D eigenvalue weighted by Gasteiger charge is 2.14. The lowest BCUT2D eigenvalue weighted by Gasteiger charge is -2.19. The summed E-state index contributed by atoms with van der Waals surface area (Å²) < 4.78 is 11.0. The van der Waals surface area contributed by atoms with E-state index in [9.17, 15) is 0 Å². The topological polar surface area (TPSA) is 71.7 Å². The molecule has 0 spiro atoms. The van der Waals surface area contributed by atoms with Crippen LogP contribution in [0.1, 0.15) is 49.5 Å². The van der Waals surface area contributed by atoms with Crippen LogP contribution < -0.4 is 10.6 Å². The number of halogens is 1. The zero-order valence-corrected chi connectivity index (χ0v) is 17.3. The van der Waals surface area contributed by atoms with Crippen LogP contribution in [0.25, 0.3) is 0 Å². The molecule has 6 nitrogen and oxygen atoms in total. The Morgan fingerprint density at radius 3 is 2.70 bits per heavy atom. The van der Waals surface area contributed by atoms with E-state index in [1.54, 1.807) is 7.11 Å². The molecule has 1 heterocycles. The molecule has 1 atom stereocenters. The molecule has 0 aliphatic carbocycles. The lowest BCUT2D eigenvalue weighted by Crippen LogP contribution is -2.39. The van der Waals surface area contributed by atoms with E-state index < -0.39 is 0 Å². The van der Waals surface area contributed by atoms with Gasteiger partial charge in [0.25, 0.3) is 0 Å². The molecular formula is C20H29ClN4O2. The highest BCUT2D eigenvalue weighted by molar-refractivity contribution is 6.30. The molecule has 2 rings (SSSR count). The molecule has 1 aromatic carbocycles. The van der Waals surface area contributed by atoms with Gasteiger partial charge in [-0.25, -0.2) is 4.99 Å². The van der Waals surface area contributed by atoms with Gasteiger partial charge in [0.15, 0.2) is 5.96 Å². The number of ether oxygens (including phenoxy) is 1. The van der Waals surface area contributed by atoms with Crippen LogP contribution in [0.4, 0.5) is 0 Å². The molecule has 1 aromatic heterocycles. The number of guanidine groups is 1. The van der Waals surface area contributed by atoms with E-state index in [1.807, 2.05) is 31.2 Å². The highest BCUT2D eigenvalue weighted by Crippen LogP contribution is 2.20. The molecular weight excluding hydrogens is 364 g/mol. The summed E-state index contributed by atoms with van der Waals surface area (Å²) >= 11 is 6.10. The van der Waals surface area contributed by atoms with Crippen LogP contribution in [0.3, 0.4) is 0 Å². The number of benzene rings is 1. The summed E-state index contributed by atoms with van der Waals surface area (Å²) in [4.78, 5) is 4.70. The molecule has 0 fully saturated rings. The Hall–Kier alpha value is -2.05. The first-order valence-corrected chi connectivity index (χ1v) is 9.77. The highest BCUT2D eigenvalue weighted by atomic mass is 35.5. The predicted molar refractivity (Wildman–Crippen MR) is 109 cm³/mol. The Bertz CT molecular complexity index is 724. The molecule has 0 saturated heterocycles. The second-order valence-corrected chi connectivity index (χ2v) is 6.53. The van der Waals surface area contributed by atoms with E-state index >= 15 is 0 Å². The number of aromatic nitrogens is 1. The average molecular weight is 393 g/mol. The Kier molecular flexibility index (Phi) is 8.61. The monoisotopic (exact) mass is 392 g/mol. The van der Waals surface area contributed by atoms with Gasteiger partial charge in [-0.1, -0.05) is 42.7 Å². The van der Waals surface area contributed by atoms with Crippen LogP contribution >= 0.6 is 11.6 Å². The largest absolute Gasteiger partial charge is 0.375 e. The smallest absolute Gasteiger partial charge is 0.191 e. The van der Waals surface area contributed by atoms with E-state index in [4.69, 9.17) is 25.9 Å². The van der Waals surface area contributed by atoms with Crippen molar-refractivity contribution >= 4 is 17.6 Å². The molecule has 0 saturated carbocycles. The minimum Gasteiger partial charge on any atom is -0.375 e. The van der Waals surface area contributed by atoms with Gasteiger partial charge in [0.1, 0.15) is 5.76 Å². The molecule has 2 N–H and O–H groups in total. The Balaban J connectivity index is 2.08. The van der Waals surface area contributed by atoms with Crippen LogP contribution in [-0.4, -0.2) is 31.3 Å². The van der Waals surface area contributed by atoms with E-state index in [2.05, 4.69) is 29.6 Å². The van der Waals surface area contributed by atoms with Crippen molar-refractivity contribution in [3.05, 3.63) is 51.9 Å². The minimum atomic E-state index is -0.124. The fourth-order valence-corrected chi connectivity index (χ4v) is 3.05. The van der Waals surface area contributed by atoms with Crippen LogP contribution in [0.2, 0.25) is 5.02 Å². The molecule has 0 aliphatic heterocycles. The quantitative estimate of drug-likeness (QED) is 0.500. The van der Waals surface area contributed by atoms with Gasteiger partial charge in [-0.15, -0.1) is 0 Å². The van der Waals surface area contributed by atoms with Crippen LogP contribution in [0.5, 0.6) is 0 Å². The molecule has 148 valence electrons. The minimum absolute atomic E-state index is 0.124. The number of hydrogen-bond donors (Lipinski definition) is 2. The van der Waals surface area contributed by atoms with Gasteiger partial charge in [0.05, 0.1) is 18.3 Å². The standard InChI is InChI=1S/C20H29ClN4O2/c1-5-17-16(18(6-2)27-25-17)12-23-20(22-7-3)24-13-19(26-4)14-9-8-10-15(21)11-14/h8-11,19H,5-7,12-13H2,1-4H3,(H2,22,23,24). The van der Waals surface area contributed by atoms with Crippen molar-refractivity contribution in [3.8, 4) is 0 Å². The lowest BCUT2D eigenvalue weighted by molar-refractivity contribution is 0.106. The number of aryl methyl sites for hydroxylation is 2. The summed E-state index contributed by atoms with van der Waals surface area (Å²) in [5.74, 6) is 1.63. The van der Waals surface area contributed by atoms with Crippen molar-refractivity contribution in [1.82, 2.24) is 15.8 Å². The van der Waals surface area contributed by atoms with Crippen molar-refractivity contribution in [2.75, 3.05) is 20.2 Å². The van der Waals surface area contributed by atoms with Crippen LogP contribution in [0.15, 0.2) is 33.8 Å². The van der Waals surface area contributed by atoms with Crippen molar-refractivity contribution in [2.45, 2.75) is 46.3 Å². The van der Waals surface area contributed by atoms with Gasteiger partial charge in [0.2, 0.25) is 0 Å². The summed E-state index contributed by atoms with van der Waals surface area (Å²) in [5, 5.41) is 11.5. The molecule has 0 aliphatic rings. The molecule has 1 unspecified atom stereocenters. The number of nitrogens with one attached hydrogen (secondary N) is 2. The number of methoxy groups -OCH3 is 1. The molecule has 0 amide bonds. The second-order valence-electron chi connectivity index (χ2n) is 6.09. The molecule has 27 heavy (non-hydrogen) atoms. The van der Waals surface area contributed by atoms with Gasteiger partial charge < -0.3 is 19.9 Å². The van der Waals surface area contributed by atoms with E-state index in [0.717, 1.165) is 47.9 Å². The van der Waals surface area contributed by atoms with Gasteiger partial charge in [-0.3, -0.25) is 0 Å². The summed E-state index contributed by atoms with van der Waals surface area (Å²) in [7, 11) is 1.69. The lowest BCUT2D eigenvalue weighted by atomic mass is 10.1. The van der Waals surface area contributed by atoms with E-state index in [1.165, 1.54) is 0 Å². The van der Waals surface area contributed by atoms with Crippen molar-refractivity contribution in [1.29, 1.82) is 0 Å². The summed E-state index contributed by atoms with van der Waals surface area (Å²) in [6.07, 6.45) is 1.52. The Morgan fingerprint density at radius 2 is 2.07 bits per heavy atom. The zero-order chi connectivity index (χ0) is 19.6. The fourth-order valence-electron chi connectivity index (χ4n) is 2.85. The normalized spacial score (nSPS) is 12.9. The molecule has 7 heteroatoms. The van der Waals surface area contributed by atoms with Crippen molar-refractivity contribution < 1.29 is 9.26 Å². The maximum atomic E-state index is 6.10. The first-order valence-electron chi connectivity index (χ1n) is 9.39. The fraction of sp³-hybridized carbons (Fsp3) is 0.500.